The van der Waals surface area contributed by atoms with Crippen LogP contribution in [-0.2, 0) is 0 Å². The minimum absolute atomic E-state index is 0.192. The largest absolute Gasteiger partial charge is 0.485 e. The topological polar surface area (TPSA) is 169 Å². The number of carbonyl (C=O) groups is 1. The first-order chi connectivity index (χ1) is 17.9. The number of amides is 1. The Kier molecular flexibility index (Phi) is 6.49. The highest BCUT2D eigenvalue weighted by Crippen LogP contribution is 2.43. The highest BCUT2D eigenvalue weighted by molar-refractivity contribution is 6.00. The van der Waals surface area contributed by atoms with Crippen molar-refractivity contribution in [3.8, 4) is 17.6 Å². The molecule has 1 fully saturated rings. The average Bonchev–Trinajstić information content (AvgIpc) is 3.30. The molecule has 1 saturated heterocycles. The SMILES string of the molecule is CC(C)CNc1nc(Nc2ccc(C(=O)N3CC(CO)(CO)C3)c3c2OCCO3)nc2[nH]cc(C#N)c12. The number of nitriles is 1. The second-order valence-electron chi connectivity index (χ2n) is 9.83. The summed E-state index contributed by atoms with van der Waals surface area (Å²) in [5.41, 5.74) is 1.14. The number of carbonyl (C=O) groups excluding carboxylic acids is 1. The standard InChI is InChI=1S/C25H29N7O5/c1-14(2)8-27-21-18-15(7-26)9-28-22(18)31-24(30-21)29-17-4-3-16(19-20(17)37-6-5-36-19)23(35)32-10-25(11-32,12-33)13-34/h3-4,9,14,33-34H,5-6,8,10-13H2,1-2H3,(H3,27,28,29,30,31). The minimum atomic E-state index is -0.672. The van der Waals surface area contributed by atoms with E-state index in [1.54, 1.807) is 23.2 Å². The van der Waals surface area contributed by atoms with Crippen LogP contribution in [0.1, 0.15) is 29.8 Å². The Bertz CT molecular complexity index is 1370. The number of aromatic nitrogens is 3. The van der Waals surface area contributed by atoms with Crippen molar-refractivity contribution >= 4 is 34.4 Å². The molecule has 0 radical (unpaired) electrons. The number of fused-ring (bicyclic) bond motifs is 2. The van der Waals surface area contributed by atoms with Crippen molar-refractivity contribution in [3.05, 3.63) is 29.5 Å². The lowest BCUT2D eigenvalue weighted by Crippen LogP contribution is -2.62. The molecule has 0 spiro atoms. The minimum Gasteiger partial charge on any atom is -0.485 e. The number of rotatable bonds is 8. The zero-order valence-corrected chi connectivity index (χ0v) is 20.7. The third kappa shape index (κ3) is 4.47. The van der Waals surface area contributed by atoms with Crippen molar-refractivity contribution in [1.82, 2.24) is 19.9 Å². The molecule has 0 bridgehead atoms. The van der Waals surface area contributed by atoms with Crippen molar-refractivity contribution < 1.29 is 24.5 Å². The first kappa shape index (κ1) is 24.6. The Morgan fingerprint density at radius 3 is 2.62 bits per heavy atom. The fourth-order valence-electron chi connectivity index (χ4n) is 4.46. The van der Waals surface area contributed by atoms with E-state index in [2.05, 4.69) is 45.5 Å². The lowest BCUT2D eigenvalue weighted by molar-refractivity contribution is -0.0590. The van der Waals surface area contributed by atoms with Gasteiger partial charge in [-0.15, -0.1) is 0 Å². The summed E-state index contributed by atoms with van der Waals surface area (Å²) < 4.78 is 11.7. The molecule has 0 saturated carbocycles. The molecular formula is C25H29N7O5. The van der Waals surface area contributed by atoms with Crippen LogP contribution in [0, 0.1) is 22.7 Å². The van der Waals surface area contributed by atoms with Crippen LogP contribution in [0.25, 0.3) is 11.0 Å². The average molecular weight is 508 g/mol. The monoisotopic (exact) mass is 507 g/mol. The van der Waals surface area contributed by atoms with Crippen LogP contribution in [-0.4, -0.2) is 82.0 Å². The van der Waals surface area contributed by atoms with Crippen molar-refractivity contribution in [1.29, 1.82) is 5.26 Å². The van der Waals surface area contributed by atoms with E-state index in [9.17, 15) is 20.3 Å². The summed E-state index contributed by atoms with van der Waals surface area (Å²) in [5.74, 6) is 1.60. The maximum absolute atomic E-state index is 13.2. The molecule has 3 aromatic rings. The van der Waals surface area contributed by atoms with Crippen LogP contribution in [0.15, 0.2) is 18.3 Å². The fourth-order valence-corrected chi connectivity index (χ4v) is 4.46. The molecule has 2 aliphatic rings. The number of anilines is 3. The molecule has 2 aromatic heterocycles. The quantitative estimate of drug-likeness (QED) is 0.303. The predicted molar refractivity (Wildman–Crippen MR) is 135 cm³/mol. The number of aliphatic hydroxyl groups is 2. The third-order valence-corrected chi connectivity index (χ3v) is 6.51. The second kappa shape index (κ2) is 9.76. The van der Waals surface area contributed by atoms with Crippen molar-refractivity contribution in [3.63, 3.8) is 0 Å². The molecule has 0 unspecified atom stereocenters. The van der Waals surface area contributed by atoms with Gasteiger partial charge in [0.15, 0.2) is 11.5 Å². The zero-order chi connectivity index (χ0) is 26.2. The maximum atomic E-state index is 13.2. The number of benzene rings is 1. The Morgan fingerprint density at radius 2 is 1.95 bits per heavy atom. The lowest BCUT2D eigenvalue weighted by atomic mass is 9.81. The van der Waals surface area contributed by atoms with Gasteiger partial charge < -0.3 is 40.2 Å². The molecule has 194 valence electrons. The number of H-pyrrole nitrogens is 1. The van der Waals surface area contributed by atoms with E-state index in [4.69, 9.17) is 9.47 Å². The number of nitrogens with one attached hydrogen (secondary N) is 3. The number of nitrogens with zero attached hydrogens (tertiary/aromatic N) is 4. The Morgan fingerprint density at radius 1 is 1.22 bits per heavy atom. The fraction of sp³-hybridized carbons (Fsp3) is 0.440. The van der Waals surface area contributed by atoms with Gasteiger partial charge in [0.1, 0.15) is 30.7 Å². The van der Waals surface area contributed by atoms with Gasteiger partial charge in [-0.05, 0) is 18.1 Å². The number of aliphatic hydroxyl groups excluding tert-OH is 2. The molecule has 0 aliphatic carbocycles. The Labute approximate surface area is 213 Å². The summed E-state index contributed by atoms with van der Waals surface area (Å²) in [4.78, 5) is 26.9. The number of hydrogen-bond donors (Lipinski definition) is 5. The Balaban J connectivity index is 1.46. The van der Waals surface area contributed by atoms with E-state index >= 15 is 0 Å². The van der Waals surface area contributed by atoms with Crippen molar-refractivity contribution in [2.45, 2.75) is 13.8 Å². The summed E-state index contributed by atoms with van der Waals surface area (Å²) >= 11 is 0. The van der Waals surface area contributed by atoms with Gasteiger partial charge in [0.05, 0.1) is 40.8 Å². The van der Waals surface area contributed by atoms with E-state index in [0.29, 0.717) is 70.8 Å². The summed E-state index contributed by atoms with van der Waals surface area (Å²) in [6.45, 7) is 5.55. The summed E-state index contributed by atoms with van der Waals surface area (Å²) in [6.07, 6.45) is 1.60. The zero-order valence-electron chi connectivity index (χ0n) is 20.7. The molecule has 1 aromatic carbocycles. The van der Waals surface area contributed by atoms with Crippen LogP contribution in [0.4, 0.5) is 17.5 Å². The number of aromatic amines is 1. The third-order valence-electron chi connectivity index (χ3n) is 6.51. The number of hydrogen-bond acceptors (Lipinski definition) is 10. The first-order valence-corrected chi connectivity index (χ1v) is 12.1. The molecule has 5 N–H and O–H groups in total. The summed E-state index contributed by atoms with van der Waals surface area (Å²) in [6, 6.07) is 5.52. The highest BCUT2D eigenvalue weighted by atomic mass is 16.6. The van der Waals surface area contributed by atoms with Gasteiger partial charge >= 0.3 is 0 Å². The van der Waals surface area contributed by atoms with Gasteiger partial charge in [0, 0.05) is 25.8 Å². The molecular weight excluding hydrogens is 478 g/mol. The highest BCUT2D eigenvalue weighted by Gasteiger charge is 2.45. The van der Waals surface area contributed by atoms with Gasteiger partial charge in [-0.1, -0.05) is 13.8 Å². The van der Waals surface area contributed by atoms with E-state index in [1.807, 2.05) is 0 Å². The molecule has 1 amide bonds. The van der Waals surface area contributed by atoms with Gasteiger partial charge in [-0.2, -0.15) is 15.2 Å². The normalized spacial score (nSPS) is 15.8. The van der Waals surface area contributed by atoms with E-state index in [1.165, 1.54) is 0 Å². The van der Waals surface area contributed by atoms with E-state index in [-0.39, 0.29) is 38.2 Å². The van der Waals surface area contributed by atoms with Gasteiger partial charge in [-0.25, -0.2) is 0 Å². The lowest BCUT2D eigenvalue weighted by Gasteiger charge is -2.48. The maximum Gasteiger partial charge on any atom is 0.257 e. The summed E-state index contributed by atoms with van der Waals surface area (Å²) in [5, 5.41) is 35.7. The second-order valence-corrected chi connectivity index (χ2v) is 9.83. The Hall–Kier alpha value is -4.08. The van der Waals surface area contributed by atoms with E-state index < -0.39 is 5.41 Å². The van der Waals surface area contributed by atoms with Crippen LogP contribution >= 0.6 is 0 Å². The molecule has 0 atom stereocenters. The van der Waals surface area contributed by atoms with Gasteiger partial charge in [0.2, 0.25) is 5.95 Å². The van der Waals surface area contributed by atoms with Crippen molar-refractivity contribution in [2.75, 3.05) is 56.7 Å². The van der Waals surface area contributed by atoms with Crippen LogP contribution in [0.3, 0.4) is 0 Å². The molecule has 4 heterocycles. The predicted octanol–water partition coefficient (Wildman–Crippen LogP) is 1.84. The van der Waals surface area contributed by atoms with Crippen molar-refractivity contribution in [2.24, 2.45) is 11.3 Å². The van der Waals surface area contributed by atoms with Gasteiger partial charge in [-0.3, -0.25) is 4.79 Å². The number of ether oxygens (including phenoxy) is 2. The van der Waals surface area contributed by atoms with E-state index in [0.717, 1.165) is 0 Å². The molecule has 5 rings (SSSR count). The van der Waals surface area contributed by atoms with Gasteiger partial charge in [0.25, 0.3) is 5.91 Å². The van der Waals surface area contributed by atoms with Crippen LogP contribution < -0.4 is 20.1 Å². The number of likely N-dealkylation sites (tertiary alicyclic amines) is 1. The van der Waals surface area contributed by atoms with Crippen LogP contribution in [0.2, 0.25) is 0 Å². The first-order valence-electron chi connectivity index (χ1n) is 12.1. The molecule has 12 nitrogen and oxygen atoms in total. The van der Waals surface area contributed by atoms with Crippen LogP contribution in [0.5, 0.6) is 11.5 Å². The smallest absolute Gasteiger partial charge is 0.257 e. The summed E-state index contributed by atoms with van der Waals surface area (Å²) in [7, 11) is 0. The molecule has 12 heteroatoms. The molecule has 37 heavy (non-hydrogen) atoms. The molecule has 2 aliphatic heterocycles.